The lowest BCUT2D eigenvalue weighted by Crippen LogP contribution is -2.13. The van der Waals surface area contributed by atoms with Crippen molar-refractivity contribution >= 4 is 40.6 Å². The lowest BCUT2D eigenvalue weighted by molar-refractivity contribution is 0.102. The summed E-state index contributed by atoms with van der Waals surface area (Å²) in [5.41, 5.74) is 1.30. The average molecular weight is 374 g/mol. The molecule has 126 valence electrons. The van der Waals surface area contributed by atoms with Crippen LogP contribution in [0.15, 0.2) is 54.9 Å². The van der Waals surface area contributed by atoms with Crippen LogP contribution in [0, 0.1) is 0 Å². The number of carbonyl (C=O) groups is 2. The number of hydrogen-bond acceptors (Lipinski definition) is 3. The first-order valence-electron chi connectivity index (χ1n) is 7.34. The highest BCUT2D eigenvalue weighted by atomic mass is 35.5. The van der Waals surface area contributed by atoms with Crippen molar-refractivity contribution in [2.75, 3.05) is 5.32 Å². The van der Waals surface area contributed by atoms with Crippen LogP contribution in [0.5, 0.6) is 0 Å². The number of nitrogens with one attached hydrogen (secondary N) is 1. The molecule has 5 nitrogen and oxygen atoms in total. The van der Waals surface area contributed by atoms with Crippen molar-refractivity contribution in [3.8, 4) is 0 Å². The smallest absolute Gasteiger partial charge is 0.257 e. The molecule has 1 heterocycles. The maximum atomic E-state index is 12.4. The number of hydrogen-bond donors (Lipinski definition) is 1. The molecule has 7 heteroatoms. The minimum atomic E-state index is -0.379. The maximum absolute atomic E-state index is 12.4. The SMILES string of the molecule is Cn1ccnc1C(=O)c1ccc(NC(=O)c2cc(Cl)ccc2Cl)cc1. The highest BCUT2D eigenvalue weighted by Crippen LogP contribution is 2.22. The second-order valence-electron chi connectivity index (χ2n) is 5.35. The molecule has 0 aliphatic rings. The molecule has 1 amide bonds. The second kappa shape index (κ2) is 7.09. The van der Waals surface area contributed by atoms with Gasteiger partial charge >= 0.3 is 0 Å². The number of benzene rings is 2. The Balaban J connectivity index is 1.77. The number of aryl methyl sites for hydroxylation is 1. The van der Waals surface area contributed by atoms with E-state index in [4.69, 9.17) is 23.2 Å². The summed E-state index contributed by atoms with van der Waals surface area (Å²) in [4.78, 5) is 28.7. The third kappa shape index (κ3) is 3.73. The van der Waals surface area contributed by atoms with E-state index in [1.54, 1.807) is 60.4 Å². The number of amides is 1. The van der Waals surface area contributed by atoms with E-state index < -0.39 is 0 Å². The molecular formula is C18H13Cl2N3O2. The summed E-state index contributed by atoms with van der Waals surface area (Å²) in [6, 6.07) is 11.2. The average Bonchev–Trinajstić information content (AvgIpc) is 3.03. The Morgan fingerprint density at radius 2 is 1.80 bits per heavy atom. The van der Waals surface area contributed by atoms with Crippen molar-refractivity contribution in [2.24, 2.45) is 7.05 Å². The number of nitrogens with zero attached hydrogens (tertiary/aromatic N) is 2. The van der Waals surface area contributed by atoms with Crippen molar-refractivity contribution in [1.82, 2.24) is 9.55 Å². The summed E-state index contributed by atoms with van der Waals surface area (Å²) in [6.07, 6.45) is 3.27. The first-order valence-corrected chi connectivity index (χ1v) is 8.10. The van der Waals surface area contributed by atoms with Gasteiger partial charge in [-0.2, -0.15) is 0 Å². The van der Waals surface area contributed by atoms with Crippen LogP contribution in [0.2, 0.25) is 10.0 Å². The van der Waals surface area contributed by atoms with Gasteiger partial charge in [0.1, 0.15) is 0 Å². The van der Waals surface area contributed by atoms with Crippen LogP contribution in [0.25, 0.3) is 0 Å². The molecule has 0 radical (unpaired) electrons. The van der Waals surface area contributed by atoms with Gasteiger partial charge in [-0.1, -0.05) is 23.2 Å². The Morgan fingerprint density at radius 3 is 2.44 bits per heavy atom. The van der Waals surface area contributed by atoms with Crippen LogP contribution in [-0.4, -0.2) is 21.2 Å². The van der Waals surface area contributed by atoms with E-state index >= 15 is 0 Å². The van der Waals surface area contributed by atoms with E-state index in [-0.39, 0.29) is 17.3 Å². The van der Waals surface area contributed by atoms with Gasteiger partial charge in [-0.3, -0.25) is 9.59 Å². The zero-order valence-electron chi connectivity index (χ0n) is 13.2. The molecule has 0 spiro atoms. The van der Waals surface area contributed by atoms with Crippen LogP contribution < -0.4 is 5.32 Å². The predicted molar refractivity (Wildman–Crippen MR) is 97.5 cm³/mol. The Labute approximate surface area is 154 Å². The van der Waals surface area contributed by atoms with Crippen LogP contribution >= 0.6 is 23.2 Å². The van der Waals surface area contributed by atoms with Gasteiger partial charge < -0.3 is 9.88 Å². The number of aromatic nitrogens is 2. The third-order valence-corrected chi connectivity index (χ3v) is 4.17. The predicted octanol–water partition coefficient (Wildman–Crippen LogP) is 4.21. The summed E-state index contributed by atoms with van der Waals surface area (Å²) in [7, 11) is 1.75. The Kier molecular flexibility index (Phi) is 4.88. The van der Waals surface area contributed by atoms with Crippen molar-refractivity contribution in [2.45, 2.75) is 0 Å². The third-order valence-electron chi connectivity index (χ3n) is 3.60. The van der Waals surface area contributed by atoms with Crippen molar-refractivity contribution in [3.05, 3.63) is 81.9 Å². The van der Waals surface area contributed by atoms with Gasteiger partial charge in [0.25, 0.3) is 5.91 Å². The highest BCUT2D eigenvalue weighted by molar-refractivity contribution is 6.36. The molecular weight excluding hydrogens is 361 g/mol. The minimum Gasteiger partial charge on any atom is -0.331 e. The van der Waals surface area contributed by atoms with Crippen LogP contribution in [0.1, 0.15) is 26.5 Å². The summed E-state index contributed by atoms with van der Waals surface area (Å²) in [5, 5.41) is 3.45. The maximum Gasteiger partial charge on any atom is 0.257 e. The number of imidazole rings is 1. The second-order valence-corrected chi connectivity index (χ2v) is 6.19. The summed E-state index contributed by atoms with van der Waals surface area (Å²) < 4.78 is 1.65. The quantitative estimate of drug-likeness (QED) is 0.696. The minimum absolute atomic E-state index is 0.191. The van der Waals surface area contributed by atoms with Gasteiger partial charge in [-0.25, -0.2) is 4.98 Å². The number of rotatable bonds is 4. The molecule has 0 unspecified atom stereocenters. The zero-order valence-corrected chi connectivity index (χ0v) is 14.7. The fraction of sp³-hybridized carbons (Fsp3) is 0.0556. The molecule has 0 aliphatic heterocycles. The number of anilines is 1. The van der Waals surface area contributed by atoms with Crippen LogP contribution in [0.3, 0.4) is 0 Å². The molecule has 0 aliphatic carbocycles. The Hall–Kier alpha value is -2.63. The van der Waals surface area contributed by atoms with Crippen molar-refractivity contribution in [3.63, 3.8) is 0 Å². The van der Waals surface area contributed by atoms with Crippen molar-refractivity contribution < 1.29 is 9.59 Å². The molecule has 0 saturated carbocycles. The molecule has 1 aromatic heterocycles. The Bertz CT molecular complexity index is 949. The molecule has 0 saturated heterocycles. The molecule has 1 N–H and O–H groups in total. The highest BCUT2D eigenvalue weighted by Gasteiger charge is 2.15. The van der Waals surface area contributed by atoms with E-state index in [0.717, 1.165) is 0 Å². The largest absolute Gasteiger partial charge is 0.331 e. The first-order chi connectivity index (χ1) is 12.0. The summed E-state index contributed by atoms with van der Waals surface area (Å²) in [5.74, 6) is -0.221. The number of carbonyl (C=O) groups excluding carboxylic acids is 2. The van der Waals surface area contributed by atoms with Crippen LogP contribution in [-0.2, 0) is 7.05 Å². The van der Waals surface area contributed by atoms with Crippen LogP contribution in [0.4, 0.5) is 5.69 Å². The van der Waals surface area contributed by atoms with Gasteiger partial charge in [0.05, 0.1) is 10.6 Å². The zero-order chi connectivity index (χ0) is 18.0. The van der Waals surface area contributed by atoms with Gasteiger partial charge in [-0.05, 0) is 42.5 Å². The lowest BCUT2D eigenvalue weighted by atomic mass is 10.1. The fourth-order valence-electron chi connectivity index (χ4n) is 2.29. The van der Waals surface area contributed by atoms with Gasteiger partial charge in [-0.15, -0.1) is 0 Å². The van der Waals surface area contributed by atoms with Gasteiger partial charge in [0.2, 0.25) is 5.78 Å². The normalized spacial score (nSPS) is 10.5. The molecule has 0 bridgehead atoms. The van der Waals surface area contributed by atoms with E-state index in [1.165, 1.54) is 6.07 Å². The summed E-state index contributed by atoms with van der Waals surface area (Å²) >= 11 is 11.9. The van der Waals surface area contributed by atoms with Gasteiger partial charge in [0.15, 0.2) is 5.82 Å². The monoisotopic (exact) mass is 373 g/mol. The standard InChI is InChI=1S/C18H13Cl2N3O2/c1-23-9-8-21-17(23)16(24)11-2-5-13(6-3-11)22-18(25)14-10-12(19)4-7-15(14)20/h2-10H,1H3,(H,22,25). The fourth-order valence-corrected chi connectivity index (χ4v) is 2.66. The van der Waals surface area contributed by atoms with Gasteiger partial charge in [0, 0.05) is 35.7 Å². The topological polar surface area (TPSA) is 64.0 Å². The lowest BCUT2D eigenvalue weighted by Gasteiger charge is -2.08. The molecule has 25 heavy (non-hydrogen) atoms. The number of halogens is 2. The summed E-state index contributed by atoms with van der Waals surface area (Å²) in [6.45, 7) is 0. The molecule has 0 atom stereocenters. The first kappa shape index (κ1) is 17.2. The Morgan fingerprint density at radius 1 is 1.08 bits per heavy atom. The number of ketones is 1. The van der Waals surface area contributed by atoms with E-state index in [1.807, 2.05) is 0 Å². The molecule has 2 aromatic carbocycles. The van der Waals surface area contributed by atoms with E-state index in [0.29, 0.717) is 27.1 Å². The molecule has 3 rings (SSSR count). The van der Waals surface area contributed by atoms with E-state index in [2.05, 4.69) is 10.3 Å². The van der Waals surface area contributed by atoms with Crippen molar-refractivity contribution in [1.29, 1.82) is 0 Å². The molecule has 3 aromatic rings. The van der Waals surface area contributed by atoms with E-state index in [9.17, 15) is 9.59 Å². The molecule has 0 fully saturated rings.